The van der Waals surface area contributed by atoms with Crippen LogP contribution in [0.3, 0.4) is 0 Å². The summed E-state index contributed by atoms with van der Waals surface area (Å²) in [6.45, 7) is 4.91. The SMILES string of the molecule is CN=C(NCc1ccc(OC)c(NC(C)=O)c1)N(C)Cc1ccc(C)cc1. The van der Waals surface area contributed by atoms with Crippen molar-refractivity contribution in [3.8, 4) is 5.75 Å². The molecule has 0 aliphatic rings. The third-order valence-electron chi connectivity index (χ3n) is 4.14. The molecule has 0 aromatic heterocycles. The van der Waals surface area contributed by atoms with E-state index >= 15 is 0 Å². The van der Waals surface area contributed by atoms with Gasteiger partial charge in [0.1, 0.15) is 5.75 Å². The van der Waals surface area contributed by atoms with Crippen molar-refractivity contribution in [2.45, 2.75) is 26.9 Å². The number of anilines is 1. The van der Waals surface area contributed by atoms with E-state index in [0.29, 0.717) is 18.0 Å². The molecule has 1 amide bonds. The Morgan fingerprint density at radius 3 is 2.41 bits per heavy atom. The molecule has 144 valence electrons. The van der Waals surface area contributed by atoms with Gasteiger partial charge in [0.15, 0.2) is 5.96 Å². The molecule has 2 rings (SSSR count). The Morgan fingerprint density at radius 1 is 1.15 bits per heavy atom. The van der Waals surface area contributed by atoms with Crippen molar-refractivity contribution >= 4 is 17.6 Å². The second kappa shape index (κ2) is 9.62. The Balaban J connectivity index is 2.02. The Bertz CT molecular complexity index is 800. The van der Waals surface area contributed by atoms with Crippen molar-refractivity contribution in [3.05, 3.63) is 59.2 Å². The zero-order chi connectivity index (χ0) is 19.8. The van der Waals surface area contributed by atoms with E-state index in [0.717, 1.165) is 18.1 Å². The number of amides is 1. The third kappa shape index (κ3) is 6.02. The molecule has 6 heteroatoms. The quantitative estimate of drug-likeness (QED) is 0.607. The fourth-order valence-corrected chi connectivity index (χ4v) is 2.76. The number of ether oxygens (including phenoxy) is 1. The summed E-state index contributed by atoms with van der Waals surface area (Å²) in [5.74, 6) is 1.30. The normalized spacial score (nSPS) is 11.1. The summed E-state index contributed by atoms with van der Waals surface area (Å²) in [7, 11) is 5.36. The molecule has 0 saturated heterocycles. The number of hydrogen-bond acceptors (Lipinski definition) is 3. The number of rotatable bonds is 6. The highest BCUT2D eigenvalue weighted by Gasteiger charge is 2.09. The molecular weight excluding hydrogens is 340 g/mol. The van der Waals surface area contributed by atoms with E-state index in [9.17, 15) is 4.79 Å². The summed E-state index contributed by atoms with van der Waals surface area (Å²) in [6, 6.07) is 14.2. The van der Waals surface area contributed by atoms with Gasteiger partial charge in [0.25, 0.3) is 0 Å². The fourth-order valence-electron chi connectivity index (χ4n) is 2.76. The molecule has 2 N–H and O–H groups in total. The minimum atomic E-state index is -0.132. The van der Waals surface area contributed by atoms with Gasteiger partial charge in [-0.05, 0) is 30.2 Å². The number of aryl methyl sites for hydroxylation is 1. The molecule has 0 saturated carbocycles. The average Bonchev–Trinajstić information content (AvgIpc) is 2.64. The minimum absolute atomic E-state index is 0.132. The first-order valence-corrected chi connectivity index (χ1v) is 8.84. The van der Waals surface area contributed by atoms with Crippen LogP contribution >= 0.6 is 0 Å². The molecule has 6 nitrogen and oxygen atoms in total. The maximum atomic E-state index is 11.4. The molecule has 0 atom stereocenters. The standard InChI is InChI=1S/C21H28N4O2/c1-15-6-8-17(9-7-15)14-25(4)21(22-3)23-13-18-10-11-20(27-5)19(12-18)24-16(2)26/h6-12H,13-14H2,1-5H3,(H,22,23)(H,24,26). The maximum Gasteiger partial charge on any atom is 0.221 e. The lowest BCUT2D eigenvalue weighted by atomic mass is 10.1. The van der Waals surface area contributed by atoms with Crippen molar-refractivity contribution in [2.75, 3.05) is 26.5 Å². The number of methoxy groups -OCH3 is 1. The number of guanidine groups is 1. The van der Waals surface area contributed by atoms with Crippen molar-refractivity contribution in [1.29, 1.82) is 0 Å². The second-order valence-electron chi connectivity index (χ2n) is 6.46. The van der Waals surface area contributed by atoms with Gasteiger partial charge in [0, 0.05) is 34.1 Å². The monoisotopic (exact) mass is 368 g/mol. The van der Waals surface area contributed by atoms with E-state index in [-0.39, 0.29) is 5.91 Å². The van der Waals surface area contributed by atoms with Crippen LogP contribution in [0, 0.1) is 6.92 Å². The number of benzene rings is 2. The van der Waals surface area contributed by atoms with Gasteiger partial charge in [0.2, 0.25) is 5.91 Å². The maximum absolute atomic E-state index is 11.4. The minimum Gasteiger partial charge on any atom is -0.495 e. The molecule has 2 aromatic rings. The summed E-state index contributed by atoms with van der Waals surface area (Å²) in [5, 5.41) is 6.15. The van der Waals surface area contributed by atoms with E-state index in [1.807, 2.05) is 25.2 Å². The topological polar surface area (TPSA) is 66.0 Å². The van der Waals surface area contributed by atoms with E-state index in [2.05, 4.69) is 51.7 Å². The van der Waals surface area contributed by atoms with E-state index in [1.165, 1.54) is 18.1 Å². The number of aliphatic imine (C=N–C) groups is 1. The Morgan fingerprint density at radius 2 is 1.81 bits per heavy atom. The largest absolute Gasteiger partial charge is 0.495 e. The highest BCUT2D eigenvalue weighted by atomic mass is 16.5. The summed E-state index contributed by atoms with van der Waals surface area (Å²) < 4.78 is 5.29. The predicted octanol–water partition coefficient (Wildman–Crippen LogP) is 3.17. The van der Waals surface area contributed by atoms with E-state index in [1.54, 1.807) is 14.2 Å². The van der Waals surface area contributed by atoms with Gasteiger partial charge < -0.3 is 20.3 Å². The lowest BCUT2D eigenvalue weighted by Crippen LogP contribution is -2.38. The molecule has 0 bridgehead atoms. The molecular formula is C21H28N4O2. The molecule has 27 heavy (non-hydrogen) atoms. The van der Waals surface area contributed by atoms with Crippen molar-refractivity contribution in [3.63, 3.8) is 0 Å². The third-order valence-corrected chi connectivity index (χ3v) is 4.14. The summed E-state index contributed by atoms with van der Waals surface area (Å²) in [5.41, 5.74) is 4.15. The molecule has 0 heterocycles. The van der Waals surface area contributed by atoms with Crippen LogP contribution in [-0.4, -0.2) is 38.0 Å². The fraction of sp³-hybridized carbons (Fsp3) is 0.333. The molecule has 0 unspecified atom stereocenters. The van der Waals surface area contributed by atoms with E-state index < -0.39 is 0 Å². The molecule has 0 fully saturated rings. The van der Waals surface area contributed by atoms with Crippen LogP contribution in [0.4, 0.5) is 5.69 Å². The van der Waals surface area contributed by atoms with Crippen LogP contribution < -0.4 is 15.4 Å². The highest BCUT2D eigenvalue weighted by molar-refractivity contribution is 5.90. The van der Waals surface area contributed by atoms with Crippen LogP contribution in [0.25, 0.3) is 0 Å². The van der Waals surface area contributed by atoms with Crippen molar-refractivity contribution in [1.82, 2.24) is 10.2 Å². The first-order valence-electron chi connectivity index (χ1n) is 8.84. The smallest absolute Gasteiger partial charge is 0.221 e. The van der Waals surface area contributed by atoms with Crippen LogP contribution in [0.15, 0.2) is 47.5 Å². The van der Waals surface area contributed by atoms with Crippen LogP contribution in [0.5, 0.6) is 5.75 Å². The summed E-state index contributed by atoms with van der Waals surface area (Å²) in [4.78, 5) is 17.8. The van der Waals surface area contributed by atoms with Gasteiger partial charge in [-0.15, -0.1) is 0 Å². The van der Waals surface area contributed by atoms with Crippen molar-refractivity contribution in [2.24, 2.45) is 4.99 Å². The number of nitrogens with one attached hydrogen (secondary N) is 2. The van der Waals surface area contributed by atoms with Gasteiger partial charge in [-0.2, -0.15) is 0 Å². The van der Waals surface area contributed by atoms with Crippen LogP contribution in [0.1, 0.15) is 23.6 Å². The zero-order valence-corrected chi connectivity index (χ0v) is 16.7. The molecule has 0 aliphatic carbocycles. The van der Waals surface area contributed by atoms with Gasteiger partial charge in [0.05, 0.1) is 12.8 Å². The van der Waals surface area contributed by atoms with Gasteiger partial charge in [-0.3, -0.25) is 9.79 Å². The Hall–Kier alpha value is -3.02. The lowest BCUT2D eigenvalue weighted by molar-refractivity contribution is -0.114. The van der Waals surface area contributed by atoms with Gasteiger partial charge in [-0.25, -0.2) is 0 Å². The lowest BCUT2D eigenvalue weighted by Gasteiger charge is -2.22. The van der Waals surface area contributed by atoms with Crippen LogP contribution in [-0.2, 0) is 17.9 Å². The highest BCUT2D eigenvalue weighted by Crippen LogP contribution is 2.25. The van der Waals surface area contributed by atoms with Gasteiger partial charge in [-0.1, -0.05) is 35.9 Å². The zero-order valence-electron chi connectivity index (χ0n) is 16.7. The molecule has 0 spiro atoms. The van der Waals surface area contributed by atoms with E-state index in [4.69, 9.17) is 4.74 Å². The first kappa shape index (κ1) is 20.3. The summed E-state index contributed by atoms with van der Waals surface area (Å²) in [6.07, 6.45) is 0. The van der Waals surface area contributed by atoms with Gasteiger partial charge >= 0.3 is 0 Å². The Labute approximate surface area is 161 Å². The molecule has 0 aliphatic heterocycles. The average molecular weight is 368 g/mol. The second-order valence-corrected chi connectivity index (χ2v) is 6.46. The van der Waals surface area contributed by atoms with Crippen LogP contribution in [0.2, 0.25) is 0 Å². The number of hydrogen-bond donors (Lipinski definition) is 2. The number of carbonyl (C=O) groups is 1. The molecule has 2 aromatic carbocycles. The molecule has 0 radical (unpaired) electrons. The number of nitrogens with zero attached hydrogens (tertiary/aromatic N) is 2. The Kier molecular flexibility index (Phi) is 7.23. The first-order chi connectivity index (χ1) is 12.9. The number of carbonyl (C=O) groups excluding carboxylic acids is 1. The summed E-state index contributed by atoms with van der Waals surface area (Å²) >= 11 is 0. The van der Waals surface area contributed by atoms with Crippen molar-refractivity contribution < 1.29 is 9.53 Å². The predicted molar refractivity (Wildman–Crippen MR) is 110 cm³/mol.